The summed E-state index contributed by atoms with van der Waals surface area (Å²) in [7, 11) is 0. The molecule has 5 rings (SSSR count). The second kappa shape index (κ2) is 7.09. The van der Waals surface area contributed by atoms with Crippen molar-refractivity contribution in [3.05, 3.63) is 87.2 Å². The molecule has 2 aromatic heterocycles. The number of amides is 1. The second-order valence-corrected chi connectivity index (χ2v) is 7.19. The van der Waals surface area contributed by atoms with Crippen LogP contribution in [0.3, 0.4) is 0 Å². The highest BCUT2D eigenvalue weighted by Crippen LogP contribution is 2.41. The van der Waals surface area contributed by atoms with E-state index in [1.807, 2.05) is 6.92 Å². The molecule has 2 aromatic carbocycles. The van der Waals surface area contributed by atoms with Crippen molar-refractivity contribution in [2.75, 3.05) is 11.5 Å². The van der Waals surface area contributed by atoms with Crippen molar-refractivity contribution in [2.45, 2.75) is 19.9 Å². The smallest absolute Gasteiger partial charge is 0.296 e. The van der Waals surface area contributed by atoms with E-state index in [1.54, 1.807) is 37.3 Å². The third-order valence-corrected chi connectivity index (χ3v) is 5.18. The van der Waals surface area contributed by atoms with E-state index in [2.05, 4.69) is 5.16 Å². The summed E-state index contributed by atoms with van der Waals surface area (Å²) in [6.45, 7) is 4.03. The van der Waals surface area contributed by atoms with Gasteiger partial charge in [0.05, 0.1) is 23.6 Å². The van der Waals surface area contributed by atoms with E-state index in [0.29, 0.717) is 23.7 Å². The average molecular weight is 420 g/mol. The number of nitrogens with zero attached hydrogens (tertiary/aromatic N) is 2. The SMILES string of the molecule is CCOc1cccc([C@H]2c3c(oc4ccc(F)cc4c3=O)C(=O)N2c2cc(C)on2)c1. The summed E-state index contributed by atoms with van der Waals surface area (Å²) in [4.78, 5) is 28.1. The summed E-state index contributed by atoms with van der Waals surface area (Å²) in [6.07, 6.45) is 0. The Kier molecular flexibility index (Phi) is 4.35. The Hall–Kier alpha value is -3.94. The molecule has 3 heterocycles. The van der Waals surface area contributed by atoms with Gasteiger partial charge < -0.3 is 13.7 Å². The minimum atomic E-state index is -0.837. The highest BCUT2D eigenvalue weighted by molar-refractivity contribution is 6.10. The number of rotatable bonds is 4. The number of halogens is 1. The van der Waals surface area contributed by atoms with E-state index in [9.17, 15) is 14.0 Å². The van der Waals surface area contributed by atoms with Crippen LogP contribution in [0.2, 0.25) is 0 Å². The van der Waals surface area contributed by atoms with E-state index >= 15 is 0 Å². The molecule has 0 saturated carbocycles. The number of benzene rings is 2. The Labute approximate surface area is 175 Å². The molecule has 7 nitrogen and oxygen atoms in total. The van der Waals surface area contributed by atoms with E-state index < -0.39 is 23.2 Å². The molecule has 0 aliphatic carbocycles. The van der Waals surface area contributed by atoms with Crippen LogP contribution < -0.4 is 15.1 Å². The molecule has 1 aliphatic heterocycles. The topological polar surface area (TPSA) is 85.8 Å². The highest BCUT2D eigenvalue weighted by Gasteiger charge is 2.45. The van der Waals surface area contributed by atoms with Crippen molar-refractivity contribution in [1.82, 2.24) is 5.16 Å². The summed E-state index contributed by atoms with van der Waals surface area (Å²) in [5.41, 5.74) is 0.413. The van der Waals surface area contributed by atoms with Crippen LogP contribution in [0.25, 0.3) is 11.0 Å². The van der Waals surface area contributed by atoms with Gasteiger partial charge in [-0.15, -0.1) is 0 Å². The number of carbonyl (C=O) groups is 1. The van der Waals surface area contributed by atoms with Crippen LogP contribution in [0, 0.1) is 12.7 Å². The molecule has 4 aromatic rings. The summed E-state index contributed by atoms with van der Waals surface area (Å²) in [6, 6.07) is 11.5. The lowest BCUT2D eigenvalue weighted by molar-refractivity contribution is 0.0969. The van der Waals surface area contributed by atoms with E-state index in [-0.39, 0.29) is 28.1 Å². The molecule has 1 atom stereocenters. The Morgan fingerprint density at radius 3 is 2.74 bits per heavy atom. The molecule has 156 valence electrons. The van der Waals surface area contributed by atoms with Gasteiger partial charge in [-0.3, -0.25) is 14.5 Å². The first-order chi connectivity index (χ1) is 15.0. The number of hydrogen-bond acceptors (Lipinski definition) is 6. The molecule has 0 fully saturated rings. The first-order valence-electron chi connectivity index (χ1n) is 9.74. The van der Waals surface area contributed by atoms with E-state index in [0.717, 1.165) is 6.07 Å². The maximum Gasteiger partial charge on any atom is 0.296 e. The van der Waals surface area contributed by atoms with Gasteiger partial charge in [0.1, 0.15) is 22.9 Å². The Balaban J connectivity index is 1.80. The van der Waals surface area contributed by atoms with Crippen LogP contribution in [-0.4, -0.2) is 17.7 Å². The largest absolute Gasteiger partial charge is 0.494 e. The number of ether oxygens (including phenoxy) is 1. The molecule has 0 N–H and O–H groups in total. The molecular weight excluding hydrogens is 403 g/mol. The third kappa shape index (κ3) is 2.99. The van der Waals surface area contributed by atoms with Crippen molar-refractivity contribution >= 4 is 22.7 Å². The summed E-state index contributed by atoms with van der Waals surface area (Å²) < 4.78 is 30.4. The van der Waals surface area contributed by atoms with Crippen LogP contribution in [-0.2, 0) is 0 Å². The minimum Gasteiger partial charge on any atom is -0.494 e. The van der Waals surface area contributed by atoms with Crippen molar-refractivity contribution in [3.8, 4) is 5.75 Å². The number of aryl methyl sites for hydroxylation is 1. The first kappa shape index (κ1) is 19.0. The normalized spacial score (nSPS) is 15.5. The Morgan fingerprint density at radius 1 is 1.16 bits per heavy atom. The van der Waals surface area contributed by atoms with Gasteiger partial charge in [0.2, 0.25) is 5.76 Å². The van der Waals surface area contributed by atoms with Gasteiger partial charge >= 0.3 is 0 Å². The number of hydrogen-bond donors (Lipinski definition) is 0. The Morgan fingerprint density at radius 2 is 2.00 bits per heavy atom. The van der Waals surface area contributed by atoms with Crippen LogP contribution in [0.5, 0.6) is 5.75 Å². The monoisotopic (exact) mass is 420 g/mol. The molecule has 0 saturated heterocycles. The van der Waals surface area contributed by atoms with Gasteiger partial charge in [0.25, 0.3) is 5.91 Å². The minimum absolute atomic E-state index is 0.0655. The van der Waals surface area contributed by atoms with Crippen molar-refractivity contribution in [1.29, 1.82) is 0 Å². The molecule has 0 spiro atoms. The maximum atomic E-state index is 13.9. The van der Waals surface area contributed by atoms with Gasteiger partial charge in [-0.05, 0) is 49.7 Å². The zero-order valence-electron chi connectivity index (χ0n) is 16.7. The molecular formula is C23H17FN2O5. The molecule has 1 amide bonds. The lowest BCUT2D eigenvalue weighted by atomic mass is 9.98. The number of aromatic nitrogens is 1. The fraction of sp³-hybridized carbons (Fsp3) is 0.174. The van der Waals surface area contributed by atoms with E-state index in [1.165, 1.54) is 17.0 Å². The van der Waals surface area contributed by atoms with Crippen LogP contribution in [0.4, 0.5) is 10.2 Å². The Bertz CT molecular complexity index is 1390. The average Bonchev–Trinajstić information content (AvgIpc) is 3.30. The summed E-state index contributed by atoms with van der Waals surface area (Å²) in [5, 5.41) is 4.04. The molecule has 0 radical (unpaired) electrons. The summed E-state index contributed by atoms with van der Waals surface area (Å²) >= 11 is 0. The molecule has 31 heavy (non-hydrogen) atoms. The lowest BCUT2D eigenvalue weighted by Gasteiger charge is -2.22. The van der Waals surface area contributed by atoms with Crippen molar-refractivity contribution in [2.24, 2.45) is 0 Å². The van der Waals surface area contributed by atoms with Gasteiger partial charge in [0.15, 0.2) is 11.2 Å². The van der Waals surface area contributed by atoms with Crippen LogP contribution in [0.1, 0.15) is 40.4 Å². The van der Waals surface area contributed by atoms with Gasteiger partial charge in [-0.1, -0.05) is 17.3 Å². The van der Waals surface area contributed by atoms with Crippen molar-refractivity contribution < 1.29 is 22.9 Å². The quantitative estimate of drug-likeness (QED) is 0.487. The fourth-order valence-corrected chi connectivity index (χ4v) is 3.90. The van der Waals surface area contributed by atoms with Crippen LogP contribution >= 0.6 is 0 Å². The summed E-state index contributed by atoms with van der Waals surface area (Å²) in [5.74, 6) is 0.147. The fourth-order valence-electron chi connectivity index (χ4n) is 3.90. The van der Waals surface area contributed by atoms with Crippen molar-refractivity contribution in [3.63, 3.8) is 0 Å². The zero-order valence-corrected chi connectivity index (χ0v) is 16.7. The number of carbonyl (C=O) groups excluding carboxylic acids is 1. The third-order valence-electron chi connectivity index (χ3n) is 5.18. The standard InChI is InChI=1S/C23H17FN2O5/c1-3-29-15-6-4-5-13(10-15)20-19-21(27)16-11-14(24)7-8-17(16)30-22(19)23(28)26(20)18-9-12(2)31-25-18/h4-11,20H,3H2,1-2H3/t20-/m0/s1. The predicted molar refractivity (Wildman–Crippen MR) is 110 cm³/mol. The predicted octanol–water partition coefficient (Wildman–Crippen LogP) is 4.38. The lowest BCUT2D eigenvalue weighted by Crippen LogP contribution is -2.29. The highest BCUT2D eigenvalue weighted by atomic mass is 19.1. The van der Waals surface area contributed by atoms with Gasteiger partial charge in [-0.2, -0.15) is 0 Å². The van der Waals surface area contributed by atoms with Crippen LogP contribution in [0.15, 0.2) is 62.3 Å². The first-order valence-corrected chi connectivity index (χ1v) is 9.74. The molecule has 0 unspecified atom stereocenters. The molecule has 1 aliphatic rings. The number of fused-ring (bicyclic) bond motifs is 2. The maximum absolute atomic E-state index is 13.9. The van der Waals surface area contributed by atoms with Gasteiger partial charge in [-0.25, -0.2) is 4.39 Å². The second-order valence-electron chi connectivity index (χ2n) is 7.19. The molecule has 0 bridgehead atoms. The molecule has 8 heteroatoms. The number of anilines is 1. The van der Waals surface area contributed by atoms with Gasteiger partial charge in [0, 0.05) is 6.07 Å². The van der Waals surface area contributed by atoms with E-state index in [4.69, 9.17) is 13.7 Å². The zero-order chi connectivity index (χ0) is 21.7.